The number of halogens is 3. The average molecular weight is 316 g/mol. The van der Waals surface area contributed by atoms with Gasteiger partial charge < -0.3 is 9.88 Å². The Morgan fingerprint density at radius 2 is 2.19 bits per heavy atom. The number of fused-ring (bicyclic) bond motifs is 1. The van der Waals surface area contributed by atoms with E-state index < -0.39 is 11.6 Å². The van der Waals surface area contributed by atoms with E-state index in [1.807, 2.05) is 6.92 Å². The summed E-state index contributed by atoms with van der Waals surface area (Å²) in [5.41, 5.74) is 0.448. The average Bonchev–Trinajstić information content (AvgIpc) is 2.80. The maximum atomic E-state index is 14.0. The Hall–Kier alpha value is -1.69. The van der Waals surface area contributed by atoms with Crippen LogP contribution in [0.15, 0.2) is 12.1 Å². The van der Waals surface area contributed by atoms with Gasteiger partial charge in [-0.15, -0.1) is 11.6 Å². The number of carbonyl (C=O) groups excluding carboxylic acids is 1. The van der Waals surface area contributed by atoms with E-state index >= 15 is 0 Å². The lowest BCUT2D eigenvalue weighted by molar-refractivity contribution is -0.121. The molecule has 1 N–H and O–H groups in total. The minimum absolute atomic E-state index is 0.0828. The van der Waals surface area contributed by atoms with Crippen LogP contribution in [0.25, 0.3) is 11.0 Å². The molecule has 7 heteroatoms. The molecule has 0 aliphatic rings. The van der Waals surface area contributed by atoms with Crippen LogP contribution in [0.5, 0.6) is 0 Å². The number of alkyl halides is 1. The molecule has 0 bridgehead atoms. The van der Waals surface area contributed by atoms with Crippen LogP contribution in [-0.4, -0.2) is 27.9 Å². The number of carbonyl (C=O) groups is 1. The molecule has 114 valence electrons. The molecule has 1 aromatic carbocycles. The largest absolute Gasteiger partial charge is 0.356 e. The van der Waals surface area contributed by atoms with Crippen molar-refractivity contribution in [3.05, 3.63) is 29.6 Å². The van der Waals surface area contributed by atoms with Crippen molar-refractivity contribution in [1.29, 1.82) is 0 Å². The summed E-state index contributed by atoms with van der Waals surface area (Å²) in [4.78, 5) is 15.8. The number of amides is 1. The van der Waals surface area contributed by atoms with E-state index in [0.29, 0.717) is 30.2 Å². The van der Waals surface area contributed by atoms with Gasteiger partial charge in [-0.3, -0.25) is 4.79 Å². The monoisotopic (exact) mass is 315 g/mol. The number of nitrogens with zero attached hydrogens (tertiary/aromatic N) is 2. The molecule has 0 unspecified atom stereocenters. The molecule has 1 aromatic heterocycles. The molecule has 0 saturated heterocycles. The van der Waals surface area contributed by atoms with E-state index in [1.54, 1.807) is 0 Å². The molecule has 0 aliphatic heterocycles. The fourth-order valence-corrected chi connectivity index (χ4v) is 2.39. The lowest BCUT2D eigenvalue weighted by Gasteiger charge is -2.09. The summed E-state index contributed by atoms with van der Waals surface area (Å²) in [5, 5.41) is 2.67. The third-order valence-electron chi connectivity index (χ3n) is 3.13. The number of rotatable bonds is 6. The highest BCUT2D eigenvalue weighted by Crippen LogP contribution is 2.22. The highest BCUT2D eigenvalue weighted by Gasteiger charge is 2.17. The van der Waals surface area contributed by atoms with Gasteiger partial charge in [0.2, 0.25) is 5.91 Å². The Kier molecular flexibility index (Phi) is 5.12. The molecule has 0 aliphatic carbocycles. The SMILES string of the molecule is CCNC(=O)CCn1c(CCCl)nc2ccc(F)c(F)c21. The Labute approximate surface area is 126 Å². The quantitative estimate of drug-likeness (QED) is 0.833. The first-order valence-corrected chi connectivity index (χ1v) is 7.27. The Morgan fingerprint density at radius 3 is 2.86 bits per heavy atom. The summed E-state index contributed by atoms with van der Waals surface area (Å²) in [6.07, 6.45) is 0.594. The lowest BCUT2D eigenvalue weighted by Crippen LogP contribution is -2.24. The van der Waals surface area contributed by atoms with Gasteiger partial charge in [-0.25, -0.2) is 13.8 Å². The van der Waals surface area contributed by atoms with Crippen molar-refractivity contribution >= 4 is 28.5 Å². The summed E-state index contributed by atoms with van der Waals surface area (Å²) >= 11 is 5.72. The van der Waals surface area contributed by atoms with Crippen LogP contribution in [0.1, 0.15) is 19.2 Å². The van der Waals surface area contributed by atoms with E-state index in [2.05, 4.69) is 10.3 Å². The Balaban J connectivity index is 2.40. The number of imidazole rings is 1. The van der Waals surface area contributed by atoms with Gasteiger partial charge >= 0.3 is 0 Å². The van der Waals surface area contributed by atoms with E-state index in [0.717, 1.165) is 6.07 Å². The number of hydrogen-bond donors (Lipinski definition) is 1. The standard InChI is InChI=1S/C14H16ClF2N3O/c1-2-18-12(21)6-8-20-11(5-7-15)19-10-4-3-9(16)13(17)14(10)20/h3-4H,2,5-8H2,1H3,(H,18,21). The molecule has 2 rings (SSSR count). The molecule has 1 amide bonds. The minimum atomic E-state index is -0.947. The second kappa shape index (κ2) is 6.85. The van der Waals surface area contributed by atoms with Gasteiger partial charge in [-0.05, 0) is 19.1 Å². The highest BCUT2D eigenvalue weighted by molar-refractivity contribution is 6.17. The van der Waals surface area contributed by atoms with Gasteiger partial charge in [0.1, 0.15) is 11.3 Å². The van der Waals surface area contributed by atoms with Crippen LogP contribution in [0, 0.1) is 11.6 Å². The molecule has 2 aromatic rings. The van der Waals surface area contributed by atoms with E-state index in [-0.39, 0.29) is 24.4 Å². The minimum Gasteiger partial charge on any atom is -0.356 e. The maximum absolute atomic E-state index is 14.0. The number of nitrogens with one attached hydrogen (secondary N) is 1. The van der Waals surface area contributed by atoms with Crippen molar-refractivity contribution in [2.45, 2.75) is 26.3 Å². The molecule has 4 nitrogen and oxygen atoms in total. The van der Waals surface area contributed by atoms with Gasteiger partial charge in [0.05, 0.1) is 5.52 Å². The number of benzene rings is 1. The van der Waals surface area contributed by atoms with Gasteiger partial charge in [-0.2, -0.15) is 0 Å². The van der Waals surface area contributed by atoms with Gasteiger partial charge in [0.25, 0.3) is 0 Å². The summed E-state index contributed by atoms with van der Waals surface area (Å²) in [6.45, 7) is 2.58. The molecular weight excluding hydrogens is 300 g/mol. The van der Waals surface area contributed by atoms with E-state index in [9.17, 15) is 13.6 Å². The fraction of sp³-hybridized carbons (Fsp3) is 0.429. The van der Waals surface area contributed by atoms with Crippen LogP contribution in [0.2, 0.25) is 0 Å². The Bertz CT molecular complexity index is 657. The second-order valence-corrected chi connectivity index (χ2v) is 4.93. The second-order valence-electron chi connectivity index (χ2n) is 4.55. The summed E-state index contributed by atoms with van der Waals surface area (Å²) in [6, 6.07) is 2.47. The fourth-order valence-electron chi connectivity index (χ4n) is 2.22. The van der Waals surface area contributed by atoms with Crippen molar-refractivity contribution in [3.8, 4) is 0 Å². The number of aryl methyl sites for hydroxylation is 2. The van der Waals surface area contributed by atoms with Crippen molar-refractivity contribution in [2.75, 3.05) is 12.4 Å². The zero-order valence-electron chi connectivity index (χ0n) is 11.6. The van der Waals surface area contributed by atoms with Crippen LogP contribution in [0.3, 0.4) is 0 Å². The van der Waals surface area contributed by atoms with Gasteiger partial charge in [0, 0.05) is 31.8 Å². The lowest BCUT2D eigenvalue weighted by atomic mass is 10.3. The van der Waals surface area contributed by atoms with Crippen molar-refractivity contribution in [3.63, 3.8) is 0 Å². The molecule has 0 atom stereocenters. The molecule has 0 spiro atoms. The third kappa shape index (κ3) is 3.32. The van der Waals surface area contributed by atoms with Crippen molar-refractivity contribution in [2.24, 2.45) is 0 Å². The summed E-state index contributed by atoms with van der Waals surface area (Å²) in [5.74, 6) is -1.16. The summed E-state index contributed by atoms with van der Waals surface area (Å²) < 4.78 is 29.0. The van der Waals surface area contributed by atoms with E-state index in [1.165, 1.54) is 10.6 Å². The van der Waals surface area contributed by atoms with Gasteiger partial charge in [-0.1, -0.05) is 0 Å². The molecule has 0 fully saturated rings. The van der Waals surface area contributed by atoms with Crippen LogP contribution in [0.4, 0.5) is 8.78 Å². The molecule has 1 heterocycles. The molecule has 21 heavy (non-hydrogen) atoms. The number of hydrogen-bond acceptors (Lipinski definition) is 2. The van der Waals surface area contributed by atoms with E-state index in [4.69, 9.17) is 11.6 Å². The number of aromatic nitrogens is 2. The molecule has 0 saturated carbocycles. The molecular formula is C14H16ClF2N3O. The predicted molar refractivity (Wildman–Crippen MR) is 77.4 cm³/mol. The summed E-state index contributed by atoms with van der Waals surface area (Å²) in [7, 11) is 0. The van der Waals surface area contributed by atoms with Gasteiger partial charge in [0.15, 0.2) is 11.6 Å². The Morgan fingerprint density at radius 1 is 1.43 bits per heavy atom. The van der Waals surface area contributed by atoms with Crippen molar-refractivity contribution < 1.29 is 13.6 Å². The van der Waals surface area contributed by atoms with Crippen LogP contribution in [-0.2, 0) is 17.8 Å². The first-order chi connectivity index (χ1) is 10.1. The first-order valence-electron chi connectivity index (χ1n) is 6.74. The highest BCUT2D eigenvalue weighted by atomic mass is 35.5. The first kappa shape index (κ1) is 15.7. The smallest absolute Gasteiger partial charge is 0.221 e. The topological polar surface area (TPSA) is 46.9 Å². The predicted octanol–water partition coefficient (Wildman–Crippen LogP) is 2.62. The normalized spacial score (nSPS) is 11.0. The van der Waals surface area contributed by atoms with Crippen LogP contribution < -0.4 is 5.32 Å². The third-order valence-corrected chi connectivity index (χ3v) is 3.32. The maximum Gasteiger partial charge on any atom is 0.221 e. The molecule has 0 radical (unpaired) electrons. The zero-order chi connectivity index (χ0) is 15.4. The van der Waals surface area contributed by atoms with Crippen LogP contribution >= 0.6 is 11.6 Å². The van der Waals surface area contributed by atoms with Crippen molar-refractivity contribution in [1.82, 2.24) is 14.9 Å². The zero-order valence-corrected chi connectivity index (χ0v) is 12.4.